The van der Waals surface area contributed by atoms with Crippen molar-refractivity contribution in [3.63, 3.8) is 0 Å². The van der Waals surface area contributed by atoms with E-state index in [1.165, 1.54) is 0 Å². The molecular formula is C8H8Cl4O. The first-order valence-electron chi connectivity index (χ1n) is 3.23. The maximum Gasteiger partial charge on any atom is 0.0793 e. The predicted octanol–water partition coefficient (Wildman–Crippen LogP) is 4.56. The number of hydrogen-bond acceptors (Lipinski definition) is 1. The normalized spacial score (nSPS) is 9.08. The molecule has 0 aliphatic carbocycles. The summed E-state index contributed by atoms with van der Waals surface area (Å²) in [6.45, 7) is 0. The molecule has 1 aromatic carbocycles. The molecule has 1 aromatic rings. The van der Waals surface area contributed by atoms with Gasteiger partial charge < -0.3 is 4.74 Å². The molecule has 0 N–H and O–H groups in total. The number of rotatable bonds is 0. The lowest BCUT2D eigenvalue weighted by Gasteiger charge is -1.98. The Hall–Kier alpha value is 0.340. The molecule has 5 heteroatoms. The molecule has 0 amide bonds. The summed E-state index contributed by atoms with van der Waals surface area (Å²) in [5, 5.41) is 1.43. The van der Waals surface area contributed by atoms with Gasteiger partial charge in [-0.1, -0.05) is 46.4 Å². The van der Waals surface area contributed by atoms with E-state index in [0.29, 0.717) is 20.1 Å². The molecule has 0 spiro atoms. The van der Waals surface area contributed by atoms with Crippen LogP contribution < -0.4 is 0 Å². The fourth-order valence-electron chi connectivity index (χ4n) is 0.502. The number of benzene rings is 1. The van der Waals surface area contributed by atoms with Crippen LogP contribution in [0.3, 0.4) is 0 Å². The molecule has 0 aliphatic heterocycles. The summed E-state index contributed by atoms with van der Waals surface area (Å²) >= 11 is 22.5. The zero-order valence-electron chi connectivity index (χ0n) is 7.07. The van der Waals surface area contributed by atoms with Gasteiger partial charge in [-0.05, 0) is 12.1 Å². The van der Waals surface area contributed by atoms with Crippen molar-refractivity contribution in [3.05, 3.63) is 32.2 Å². The second-order valence-corrected chi connectivity index (χ2v) is 3.64. The number of halogens is 4. The summed E-state index contributed by atoms with van der Waals surface area (Å²) in [5.74, 6) is 0. The maximum atomic E-state index is 5.63. The highest BCUT2D eigenvalue weighted by Gasteiger charge is 2.05. The quantitative estimate of drug-likeness (QED) is 0.491. The molecule has 13 heavy (non-hydrogen) atoms. The molecule has 0 aromatic heterocycles. The van der Waals surface area contributed by atoms with Crippen molar-refractivity contribution in [2.45, 2.75) is 0 Å². The third kappa shape index (κ3) is 4.39. The standard InChI is InChI=1S/C6H2Cl4.C2H6O/c7-3-1-2-4(8)6(10)5(3)9;1-3-2/h1-2H;1-2H3. The third-order valence-electron chi connectivity index (χ3n) is 0.988. The molecule has 0 aliphatic rings. The molecule has 0 saturated heterocycles. The number of ether oxygens (including phenoxy) is 1. The van der Waals surface area contributed by atoms with E-state index in [1.807, 2.05) is 0 Å². The second kappa shape index (κ2) is 6.74. The predicted molar refractivity (Wildman–Crippen MR) is 59.4 cm³/mol. The average Bonchev–Trinajstić information content (AvgIpc) is 2.10. The molecule has 0 bridgehead atoms. The summed E-state index contributed by atoms with van der Waals surface area (Å²) in [4.78, 5) is 0. The van der Waals surface area contributed by atoms with Crippen molar-refractivity contribution >= 4 is 46.4 Å². The van der Waals surface area contributed by atoms with Crippen molar-refractivity contribution in [2.75, 3.05) is 14.2 Å². The first-order chi connectivity index (χ1) is 6.04. The molecule has 0 fully saturated rings. The maximum absolute atomic E-state index is 5.63. The van der Waals surface area contributed by atoms with Crippen LogP contribution in [0.1, 0.15) is 0 Å². The van der Waals surface area contributed by atoms with E-state index >= 15 is 0 Å². The van der Waals surface area contributed by atoms with Gasteiger partial charge in [-0.15, -0.1) is 0 Å². The minimum atomic E-state index is 0.302. The van der Waals surface area contributed by atoms with E-state index in [9.17, 15) is 0 Å². The molecule has 0 saturated carbocycles. The van der Waals surface area contributed by atoms with Crippen LogP contribution in [0.15, 0.2) is 12.1 Å². The highest BCUT2D eigenvalue weighted by Crippen LogP contribution is 2.34. The molecule has 74 valence electrons. The van der Waals surface area contributed by atoms with E-state index < -0.39 is 0 Å². The lowest BCUT2D eigenvalue weighted by Crippen LogP contribution is -1.71. The minimum absolute atomic E-state index is 0.302. The van der Waals surface area contributed by atoms with Crippen LogP contribution in [0.5, 0.6) is 0 Å². The lowest BCUT2D eigenvalue weighted by molar-refractivity contribution is 0.277. The highest BCUT2D eigenvalue weighted by molar-refractivity contribution is 6.51. The molecule has 1 nitrogen and oxygen atoms in total. The van der Waals surface area contributed by atoms with Crippen molar-refractivity contribution in [1.82, 2.24) is 0 Å². The van der Waals surface area contributed by atoms with Gasteiger partial charge in [0.2, 0.25) is 0 Å². The van der Waals surface area contributed by atoms with Gasteiger partial charge >= 0.3 is 0 Å². The van der Waals surface area contributed by atoms with E-state index in [-0.39, 0.29) is 0 Å². The zero-order valence-corrected chi connectivity index (χ0v) is 10.1. The second-order valence-electron chi connectivity index (χ2n) is 2.07. The molecule has 0 unspecified atom stereocenters. The Balaban J connectivity index is 0.000000424. The topological polar surface area (TPSA) is 9.23 Å². The molecule has 0 radical (unpaired) electrons. The number of hydrogen-bond donors (Lipinski definition) is 0. The summed E-state index contributed by atoms with van der Waals surface area (Å²) in [5.41, 5.74) is 0. The van der Waals surface area contributed by atoms with Gasteiger partial charge in [-0.2, -0.15) is 0 Å². The summed E-state index contributed by atoms with van der Waals surface area (Å²) in [6, 6.07) is 3.19. The largest absolute Gasteiger partial charge is 0.388 e. The summed E-state index contributed by atoms with van der Waals surface area (Å²) in [6.07, 6.45) is 0. The van der Waals surface area contributed by atoms with Crippen LogP contribution in [-0.4, -0.2) is 14.2 Å². The first kappa shape index (κ1) is 13.3. The Kier molecular flexibility index (Phi) is 6.92. The summed E-state index contributed by atoms with van der Waals surface area (Å²) < 4.78 is 4.25. The van der Waals surface area contributed by atoms with Crippen LogP contribution in [0.4, 0.5) is 0 Å². The summed E-state index contributed by atoms with van der Waals surface area (Å²) in [7, 11) is 3.25. The van der Waals surface area contributed by atoms with Crippen molar-refractivity contribution in [3.8, 4) is 0 Å². The van der Waals surface area contributed by atoms with Gasteiger partial charge in [-0.3, -0.25) is 0 Å². The van der Waals surface area contributed by atoms with E-state index in [2.05, 4.69) is 4.74 Å². The van der Waals surface area contributed by atoms with Gasteiger partial charge in [0.1, 0.15) is 0 Å². The van der Waals surface area contributed by atoms with Crippen LogP contribution >= 0.6 is 46.4 Å². The Morgan fingerprint density at radius 1 is 0.846 bits per heavy atom. The fourth-order valence-corrected chi connectivity index (χ4v) is 1.24. The monoisotopic (exact) mass is 260 g/mol. The van der Waals surface area contributed by atoms with Crippen molar-refractivity contribution in [1.29, 1.82) is 0 Å². The third-order valence-corrected chi connectivity index (χ3v) is 2.69. The van der Waals surface area contributed by atoms with E-state index in [1.54, 1.807) is 26.4 Å². The van der Waals surface area contributed by atoms with E-state index in [4.69, 9.17) is 46.4 Å². The van der Waals surface area contributed by atoms with Crippen LogP contribution in [0, 0.1) is 0 Å². The van der Waals surface area contributed by atoms with Crippen molar-refractivity contribution < 1.29 is 4.74 Å². The average molecular weight is 262 g/mol. The van der Waals surface area contributed by atoms with Gasteiger partial charge in [0.05, 0.1) is 20.1 Å². The van der Waals surface area contributed by atoms with Gasteiger partial charge in [0.15, 0.2) is 0 Å². The smallest absolute Gasteiger partial charge is 0.0793 e. The van der Waals surface area contributed by atoms with Crippen LogP contribution in [0.2, 0.25) is 20.1 Å². The SMILES string of the molecule is COC.Clc1ccc(Cl)c(Cl)c1Cl. The lowest BCUT2D eigenvalue weighted by atomic mass is 10.4. The Bertz CT molecular complexity index is 248. The highest BCUT2D eigenvalue weighted by atomic mass is 35.5. The molecule has 1 rings (SSSR count). The Morgan fingerprint density at radius 3 is 1.31 bits per heavy atom. The van der Waals surface area contributed by atoms with E-state index in [0.717, 1.165) is 0 Å². The van der Waals surface area contributed by atoms with Crippen molar-refractivity contribution in [2.24, 2.45) is 0 Å². The molecule has 0 heterocycles. The minimum Gasteiger partial charge on any atom is -0.388 e. The van der Waals surface area contributed by atoms with Gasteiger partial charge in [-0.25, -0.2) is 0 Å². The van der Waals surface area contributed by atoms with Crippen LogP contribution in [-0.2, 0) is 4.74 Å². The van der Waals surface area contributed by atoms with Gasteiger partial charge in [0, 0.05) is 14.2 Å². The first-order valence-corrected chi connectivity index (χ1v) is 4.74. The fraction of sp³-hybridized carbons (Fsp3) is 0.250. The zero-order chi connectivity index (χ0) is 10.4. The molecule has 0 atom stereocenters. The van der Waals surface area contributed by atoms with Crippen LogP contribution in [0.25, 0.3) is 0 Å². The number of methoxy groups -OCH3 is 1. The van der Waals surface area contributed by atoms with Gasteiger partial charge in [0.25, 0.3) is 0 Å². The Labute approximate surface area is 97.5 Å². The molecular weight excluding hydrogens is 254 g/mol. The Morgan fingerprint density at radius 2 is 1.08 bits per heavy atom.